The average Bonchev–Trinajstić information content (AvgIpc) is 2.90. The maximum absolute atomic E-state index is 3.70. The van der Waals surface area contributed by atoms with Gasteiger partial charge in [0, 0.05) is 25.7 Å². The molecule has 2 aliphatic heterocycles. The summed E-state index contributed by atoms with van der Waals surface area (Å²) in [5.74, 6) is 0. The molecule has 20 heavy (non-hydrogen) atoms. The van der Waals surface area contributed by atoms with Gasteiger partial charge in [0.05, 0.1) is 0 Å². The fourth-order valence-electron chi connectivity index (χ4n) is 3.39. The van der Waals surface area contributed by atoms with Crippen molar-refractivity contribution in [1.29, 1.82) is 0 Å². The lowest BCUT2D eigenvalue weighted by molar-refractivity contribution is 0.222. The van der Waals surface area contributed by atoms with Crippen molar-refractivity contribution in [3.05, 3.63) is 35.9 Å². The first-order chi connectivity index (χ1) is 9.92. The largest absolute Gasteiger partial charge is 0.309 e. The van der Waals surface area contributed by atoms with E-state index in [1.807, 2.05) is 0 Å². The van der Waals surface area contributed by atoms with Crippen molar-refractivity contribution in [2.24, 2.45) is 0 Å². The van der Waals surface area contributed by atoms with Gasteiger partial charge in [0.1, 0.15) is 0 Å². The predicted molar refractivity (Wildman–Crippen MR) is 83.9 cm³/mol. The maximum atomic E-state index is 3.70. The SMILES string of the molecule is c1ccc(C2CN(CCN3CCCC3)CCCN2)cc1. The summed E-state index contributed by atoms with van der Waals surface area (Å²) in [5, 5.41) is 3.70. The second-order valence-electron chi connectivity index (χ2n) is 6.12. The zero-order valence-corrected chi connectivity index (χ0v) is 12.4. The van der Waals surface area contributed by atoms with Gasteiger partial charge in [0.15, 0.2) is 0 Å². The Hall–Kier alpha value is -0.900. The van der Waals surface area contributed by atoms with E-state index in [1.54, 1.807) is 0 Å². The van der Waals surface area contributed by atoms with E-state index in [0.29, 0.717) is 6.04 Å². The third-order valence-electron chi connectivity index (χ3n) is 4.62. The Morgan fingerprint density at radius 2 is 1.60 bits per heavy atom. The molecule has 1 N–H and O–H groups in total. The van der Waals surface area contributed by atoms with Crippen LogP contribution in [0.5, 0.6) is 0 Å². The first kappa shape index (κ1) is 14.1. The van der Waals surface area contributed by atoms with E-state index in [0.717, 1.165) is 13.1 Å². The summed E-state index contributed by atoms with van der Waals surface area (Å²) in [4.78, 5) is 5.27. The number of nitrogens with zero attached hydrogens (tertiary/aromatic N) is 2. The molecule has 2 aliphatic rings. The maximum Gasteiger partial charge on any atom is 0.0449 e. The van der Waals surface area contributed by atoms with E-state index < -0.39 is 0 Å². The van der Waals surface area contributed by atoms with Crippen LogP contribution >= 0.6 is 0 Å². The third kappa shape index (κ3) is 3.81. The fourth-order valence-corrected chi connectivity index (χ4v) is 3.39. The Bertz CT molecular complexity index is 386. The minimum atomic E-state index is 0.497. The number of likely N-dealkylation sites (tertiary alicyclic amines) is 1. The normalized spacial score (nSPS) is 25.7. The van der Waals surface area contributed by atoms with Crippen molar-refractivity contribution in [3.63, 3.8) is 0 Å². The highest BCUT2D eigenvalue weighted by Crippen LogP contribution is 2.17. The van der Waals surface area contributed by atoms with Crippen molar-refractivity contribution in [2.75, 3.05) is 45.8 Å². The lowest BCUT2D eigenvalue weighted by Crippen LogP contribution is -2.37. The molecule has 3 rings (SSSR count). The van der Waals surface area contributed by atoms with Gasteiger partial charge < -0.3 is 15.1 Å². The molecule has 2 fully saturated rings. The molecule has 1 aromatic carbocycles. The molecule has 1 unspecified atom stereocenters. The van der Waals surface area contributed by atoms with Gasteiger partial charge in [-0.15, -0.1) is 0 Å². The molecule has 0 spiro atoms. The minimum absolute atomic E-state index is 0.497. The summed E-state index contributed by atoms with van der Waals surface area (Å²) in [7, 11) is 0. The highest BCUT2D eigenvalue weighted by Gasteiger charge is 2.20. The summed E-state index contributed by atoms with van der Waals surface area (Å²) in [5.41, 5.74) is 1.43. The van der Waals surface area contributed by atoms with E-state index in [9.17, 15) is 0 Å². The highest BCUT2D eigenvalue weighted by molar-refractivity contribution is 5.19. The van der Waals surface area contributed by atoms with Crippen molar-refractivity contribution >= 4 is 0 Å². The van der Waals surface area contributed by atoms with Crippen molar-refractivity contribution in [1.82, 2.24) is 15.1 Å². The second-order valence-corrected chi connectivity index (χ2v) is 6.12. The van der Waals surface area contributed by atoms with Crippen LogP contribution in [0.3, 0.4) is 0 Å². The Morgan fingerprint density at radius 1 is 0.900 bits per heavy atom. The quantitative estimate of drug-likeness (QED) is 0.906. The van der Waals surface area contributed by atoms with Gasteiger partial charge in [-0.2, -0.15) is 0 Å². The lowest BCUT2D eigenvalue weighted by Gasteiger charge is -2.26. The highest BCUT2D eigenvalue weighted by atomic mass is 15.2. The standard InChI is InChI=1S/C17H27N3/c1-2-7-16(8-3-1)17-15-20(12-6-9-18-17)14-13-19-10-4-5-11-19/h1-3,7-8,17-18H,4-6,9-15H2. The molecule has 1 atom stereocenters. The Labute approximate surface area is 123 Å². The molecule has 0 bridgehead atoms. The van der Waals surface area contributed by atoms with E-state index in [1.165, 1.54) is 57.5 Å². The molecule has 2 heterocycles. The zero-order chi connectivity index (χ0) is 13.6. The minimum Gasteiger partial charge on any atom is -0.309 e. The Balaban J connectivity index is 1.54. The van der Waals surface area contributed by atoms with Crippen LogP contribution in [0.4, 0.5) is 0 Å². The van der Waals surface area contributed by atoms with Crippen LogP contribution < -0.4 is 5.32 Å². The van der Waals surface area contributed by atoms with Crippen molar-refractivity contribution in [2.45, 2.75) is 25.3 Å². The molecule has 3 heteroatoms. The van der Waals surface area contributed by atoms with Crippen molar-refractivity contribution in [3.8, 4) is 0 Å². The summed E-state index contributed by atoms with van der Waals surface area (Å²) >= 11 is 0. The van der Waals surface area contributed by atoms with Crippen LogP contribution in [0.2, 0.25) is 0 Å². The van der Waals surface area contributed by atoms with Crippen molar-refractivity contribution < 1.29 is 0 Å². The Kier molecular flexibility index (Phi) is 5.06. The van der Waals surface area contributed by atoms with Gasteiger partial charge in [-0.1, -0.05) is 30.3 Å². The zero-order valence-electron chi connectivity index (χ0n) is 12.4. The molecule has 1 aromatic rings. The summed E-state index contributed by atoms with van der Waals surface area (Å²) in [6, 6.07) is 11.4. The molecule has 110 valence electrons. The molecule has 2 saturated heterocycles. The van der Waals surface area contributed by atoms with Gasteiger partial charge in [-0.05, 0) is 51.0 Å². The van der Waals surface area contributed by atoms with Crippen LogP contribution in [-0.2, 0) is 0 Å². The van der Waals surface area contributed by atoms with Crippen LogP contribution in [-0.4, -0.2) is 55.6 Å². The molecule has 0 aromatic heterocycles. The number of rotatable bonds is 4. The van der Waals surface area contributed by atoms with Gasteiger partial charge in [-0.3, -0.25) is 0 Å². The van der Waals surface area contributed by atoms with Crippen LogP contribution in [0.15, 0.2) is 30.3 Å². The number of hydrogen-bond donors (Lipinski definition) is 1. The number of benzene rings is 1. The molecule has 3 nitrogen and oxygen atoms in total. The predicted octanol–water partition coefficient (Wildman–Crippen LogP) is 2.12. The van der Waals surface area contributed by atoms with E-state index in [2.05, 4.69) is 45.4 Å². The van der Waals surface area contributed by atoms with Crippen LogP contribution in [0, 0.1) is 0 Å². The summed E-state index contributed by atoms with van der Waals surface area (Å²) in [6.45, 7) is 8.64. The smallest absolute Gasteiger partial charge is 0.0449 e. The molecule has 0 radical (unpaired) electrons. The van der Waals surface area contributed by atoms with E-state index in [-0.39, 0.29) is 0 Å². The first-order valence-electron chi connectivity index (χ1n) is 8.15. The van der Waals surface area contributed by atoms with Gasteiger partial charge in [-0.25, -0.2) is 0 Å². The second kappa shape index (κ2) is 7.21. The molecule has 0 saturated carbocycles. The van der Waals surface area contributed by atoms with E-state index >= 15 is 0 Å². The van der Waals surface area contributed by atoms with E-state index in [4.69, 9.17) is 0 Å². The van der Waals surface area contributed by atoms with Crippen LogP contribution in [0.1, 0.15) is 30.9 Å². The number of nitrogens with one attached hydrogen (secondary N) is 1. The summed E-state index contributed by atoms with van der Waals surface area (Å²) < 4.78 is 0. The topological polar surface area (TPSA) is 18.5 Å². The monoisotopic (exact) mass is 273 g/mol. The first-order valence-corrected chi connectivity index (χ1v) is 8.15. The molecule has 0 amide bonds. The van der Waals surface area contributed by atoms with Gasteiger partial charge in [0.25, 0.3) is 0 Å². The molecular weight excluding hydrogens is 246 g/mol. The summed E-state index contributed by atoms with van der Waals surface area (Å²) in [6.07, 6.45) is 4.06. The Morgan fingerprint density at radius 3 is 2.40 bits per heavy atom. The lowest BCUT2D eigenvalue weighted by atomic mass is 10.1. The average molecular weight is 273 g/mol. The third-order valence-corrected chi connectivity index (χ3v) is 4.62. The molecule has 0 aliphatic carbocycles. The fraction of sp³-hybridized carbons (Fsp3) is 0.647. The van der Waals surface area contributed by atoms with Gasteiger partial charge >= 0.3 is 0 Å². The van der Waals surface area contributed by atoms with Crippen LogP contribution in [0.25, 0.3) is 0 Å². The molecular formula is C17H27N3. The van der Waals surface area contributed by atoms with Gasteiger partial charge in [0.2, 0.25) is 0 Å². The number of hydrogen-bond acceptors (Lipinski definition) is 3.